The molecule has 2 amide bonds. The number of hydrogen-bond acceptors (Lipinski definition) is 3. The first-order chi connectivity index (χ1) is 8.20. The molecule has 0 bridgehead atoms. The van der Waals surface area contributed by atoms with Crippen molar-refractivity contribution in [2.45, 2.75) is 64.0 Å². The molecule has 0 radical (unpaired) electrons. The zero-order valence-electron chi connectivity index (χ0n) is 11.5. The van der Waals surface area contributed by atoms with Gasteiger partial charge >= 0.3 is 0 Å². The van der Waals surface area contributed by atoms with Crippen LogP contribution in [0.5, 0.6) is 0 Å². The van der Waals surface area contributed by atoms with Crippen molar-refractivity contribution >= 4 is 11.8 Å². The predicted molar refractivity (Wildman–Crippen MR) is 68.9 cm³/mol. The molecule has 0 aromatic rings. The van der Waals surface area contributed by atoms with Crippen molar-refractivity contribution in [1.82, 2.24) is 10.6 Å². The van der Waals surface area contributed by atoms with Crippen LogP contribution in [-0.4, -0.2) is 34.6 Å². The van der Waals surface area contributed by atoms with Crippen molar-refractivity contribution in [3.8, 4) is 0 Å². The average Bonchev–Trinajstić information content (AvgIpc) is 2.59. The van der Waals surface area contributed by atoms with Crippen LogP contribution in [0.2, 0.25) is 0 Å². The zero-order chi connectivity index (χ0) is 13.8. The van der Waals surface area contributed by atoms with Gasteiger partial charge in [0.25, 0.3) is 0 Å². The van der Waals surface area contributed by atoms with Gasteiger partial charge in [0, 0.05) is 5.54 Å². The number of carbonyl (C=O) groups excluding carboxylic acids is 2. The molecule has 104 valence electrons. The fourth-order valence-corrected chi connectivity index (χ4v) is 2.21. The summed E-state index contributed by atoms with van der Waals surface area (Å²) in [6.45, 7) is 5.61. The Morgan fingerprint density at radius 2 is 1.72 bits per heavy atom. The number of nitrogens with one attached hydrogen (secondary N) is 2. The predicted octanol–water partition coefficient (Wildman–Crippen LogP) is 0.712. The third kappa shape index (κ3) is 5.49. The van der Waals surface area contributed by atoms with E-state index in [9.17, 15) is 14.7 Å². The summed E-state index contributed by atoms with van der Waals surface area (Å²) >= 11 is 0. The second kappa shape index (κ2) is 5.69. The van der Waals surface area contributed by atoms with Gasteiger partial charge in [-0.2, -0.15) is 0 Å². The molecule has 1 aliphatic rings. The summed E-state index contributed by atoms with van der Waals surface area (Å²) in [4.78, 5) is 23.1. The minimum Gasteiger partial charge on any atom is -0.389 e. The smallest absolute Gasteiger partial charge is 0.239 e. The van der Waals surface area contributed by atoms with E-state index in [1.807, 2.05) is 20.8 Å². The molecule has 1 aliphatic carbocycles. The van der Waals surface area contributed by atoms with E-state index in [1.54, 1.807) is 0 Å². The highest BCUT2D eigenvalue weighted by molar-refractivity contribution is 5.85. The lowest BCUT2D eigenvalue weighted by Crippen LogP contribution is -2.46. The van der Waals surface area contributed by atoms with E-state index >= 15 is 0 Å². The highest BCUT2D eigenvalue weighted by atomic mass is 16.3. The zero-order valence-corrected chi connectivity index (χ0v) is 11.5. The Labute approximate surface area is 108 Å². The second-order valence-electron chi connectivity index (χ2n) is 6.18. The Morgan fingerprint density at radius 3 is 2.22 bits per heavy atom. The first-order valence-corrected chi connectivity index (χ1v) is 6.50. The number of amides is 2. The van der Waals surface area contributed by atoms with Crippen LogP contribution < -0.4 is 10.6 Å². The molecule has 0 aliphatic heterocycles. The van der Waals surface area contributed by atoms with Gasteiger partial charge in [-0.15, -0.1) is 0 Å². The van der Waals surface area contributed by atoms with Crippen molar-refractivity contribution in [1.29, 1.82) is 0 Å². The summed E-state index contributed by atoms with van der Waals surface area (Å²) in [7, 11) is 0. The second-order valence-corrected chi connectivity index (χ2v) is 6.18. The molecular weight excluding hydrogens is 232 g/mol. The molecule has 5 heteroatoms. The molecule has 3 N–H and O–H groups in total. The molecule has 5 nitrogen and oxygen atoms in total. The number of aliphatic hydroxyl groups is 1. The molecule has 0 aromatic carbocycles. The first kappa shape index (κ1) is 15.0. The van der Waals surface area contributed by atoms with Crippen LogP contribution in [0.15, 0.2) is 0 Å². The van der Waals surface area contributed by atoms with Crippen LogP contribution in [0, 0.1) is 0 Å². The van der Waals surface area contributed by atoms with Gasteiger partial charge in [0.2, 0.25) is 11.8 Å². The largest absolute Gasteiger partial charge is 0.389 e. The Morgan fingerprint density at radius 1 is 1.17 bits per heavy atom. The van der Waals surface area contributed by atoms with Crippen LogP contribution in [0.3, 0.4) is 0 Å². The fourth-order valence-electron chi connectivity index (χ4n) is 2.21. The number of carbonyl (C=O) groups is 2. The monoisotopic (exact) mass is 256 g/mol. The molecule has 18 heavy (non-hydrogen) atoms. The van der Waals surface area contributed by atoms with Gasteiger partial charge in [-0.1, -0.05) is 12.8 Å². The van der Waals surface area contributed by atoms with Gasteiger partial charge < -0.3 is 15.7 Å². The van der Waals surface area contributed by atoms with Crippen molar-refractivity contribution in [3.05, 3.63) is 0 Å². The summed E-state index contributed by atoms with van der Waals surface area (Å²) in [5.74, 6) is -0.474. The van der Waals surface area contributed by atoms with E-state index in [2.05, 4.69) is 10.6 Å². The SMILES string of the molecule is CC(C)(C)NC(=O)CNC(=O)CC1(O)CCCC1. The Kier molecular flexibility index (Phi) is 4.73. The maximum absolute atomic E-state index is 11.6. The van der Waals surface area contributed by atoms with Gasteiger partial charge in [0.05, 0.1) is 18.6 Å². The molecule has 1 rings (SSSR count). The van der Waals surface area contributed by atoms with Gasteiger partial charge in [-0.05, 0) is 33.6 Å². The van der Waals surface area contributed by atoms with Crippen LogP contribution in [0.1, 0.15) is 52.9 Å². The Balaban J connectivity index is 2.27. The summed E-state index contributed by atoms with van der Waals surface area (Å²) in [5.41, 5.74) is -1.16. The van der Waals surface area contributed by atoms with Crippen molar-refractivity contribution in [2.75, 3.05) is 6.54 Å². The number of rotatable bonds is 4. The molecule has 0 saturated heterocycles. The lowest BCUT2D eigenvalue weighted by molar-refractivity contribution is -0.129. The molecule has 0 atom stereocenters. The maximum Gasteiger partial charge on any atom is 0.239 e. The van der Waals surface area contributed by atoms with Crippen LogP contribution >= 0.6 is 0 Å². The third-order valence-corrected chi connectivity index (χ3v) is 2.98. The average molecular weight is 256 g/mol. The molecule has 0 unspecified atom stereocenters. The first-order valence-electron chi connectivity index (χ1n) is 6.50. The quantitative estimate of drug-likeness (QED) is 0.693. The van der Waals surface area contributed by atoms with E-state index < -0.39 is 5.60 Å². The topological polar surface area (TPSA) is 78.4 Å². The molecule has 1 saturated carbocycles. The van der Waals surface area contributed by atoms with Crippen LogP contribution in [0.4, 0.5) is 0 Å². The van der Waals surface area contributed by atoms with Gasteiger partial charge in [0.15, 0.2) is 0 Å². The standard InChI is InChI=1S/C13H24N2O3/c1-12(2,3)15-11(17)9-14-10(16)8-13(18)6-4-5-7-13/h18H,4-9H2,1-3H3,(H,14,16)(H,15,17). The maximum atomic E-state index is 11.6. The van der Waals surface area contributed by atoms with Crippen LogP contribution in [0.25, 0.3) is 0 Å². The van der Waals surface area contributed by atoms with E-state index in [0.29, 0.717) is 12.8 Å². The van der Waals surface area contributed by atoms with E-state index in [-0.39, 0.29) is 30.3 Å². The van der Waals surface area contributed by atoms with Crippen molar-refractivity contribution in [3.63, 3.8) is 0 Å². The lowest BCUT2D eigenvalue weighted by atomic mass is 9.98. The molecular formula is C13H24N2O3. The molecule has 0 heterocycles. The highest BCUT2D eigenvalue weighted by Gasteiger charge is 2.33. The van der Waals surface area contributed by atoms with E-state index in [0.717, 1.165) is 12.8 Å². The van der Waals surface area contributed by atoms with E-state index in [1.165, 1.54) is 0 Å². The summed E-state index contributed by atoms with van der Waals surface area (Å²) in [6.07, 6.45) is 3.38. The summed E-state index contributed by atoms with van der Waals surface area (Å²) in [6, 6.07) is 0. The van der Waals surface area contributed by atoms with Crippen molar-refractivity contribution < 1.29 is 14.7 Å². The van der Waals surface area contributed by atoms with E-state index in [4.69, 9.17) is 0 Å². The minimum atomic E-state index is -0.857. The summed E-state index contributed by atoms with van der Waals surface area (Å²) in [5, 5.41) is 15.4. The third-order valence-electron chi connectivity index (χ3n) is 2.98. The van der Waals surface area contributed by atoms with Gasteiger partial charge in [-0.25, -0.2) is 0 Å². The van der Waals surface area contributed by atoms with Gasteiger partial charge in [0.1, 0.15) is 0 Å². The van der Waals surface area contributed by atoms with Crippen molar-refractivity contribution in [2.24, 2.45) is 0 Å². The molecule has 1 fully saturated rings. The highest BCUT2D eigenvalue weighted by Crippen LogP contribution is 2.32. The molecule has 0 spiro atoms. The number of hydrogen-bond donors (Lipinski definition) is 3. The normalized spacial score (nSPS) is 18.4. The fraction of sp³-hybridized carbons (Fsp3) is 0.846. The summed E-state index contributed by atoms with van der Waals surface area (Å²) < 4.78 is 0. The Hall–Kier alpha value is -1.10. The minimum absolute atomic E-state index is 0.0355. The van der Waals surface area contributed by atoms with Crippen LogP contribution in [-0.2, 0) is 9.59 Å². The lowest BCUT2D eigenvalue weighted by Gasteiger charge is -2.22. The molecule has 0 aromatic heterocycles. The van der Waals surface area contributed by atoms with Gasteiger partial charge in [-0.3, -0.25) is 9.59 Å². The Bertz CT molecular complexity index is 315.